The molecule has 162 valence electrons. The molecule has 0 unspecified atom stereocenters. The number of thiazole rings is 1. The number of rotatable bonds is 8. The fourth-order valence-corrected chi connectivity index (χ4v) is 3.76. The molecular formula is C24H21N3O4S. The third-order valence-electron chi connectivity index (χ3n) is 4.44. The van der Waals surface area contributed by atoms with Gasteiger partial charge in [0.2, 0.25) is 5.13 Å². The zero-order chi connectivity index (χ0) is 22.3. The monoisotopic (exact) mass is 447 g/mol. The molecule has 1 aromatic heterocycles. The zero-order valence-corrected chi connectivity index (χ0v) is 18.4. The maximum Gasteiger partial charge on any atom is 0.343 e. The van der Waals surface area contributed by atoms with Crippen LogP contribution in [0.15, 0.2) is 71.8 Å². The van der Waals surface area contributed by atoms with E-state index in [0.29, 0.717) is 34.6 Å². The first-order valence-corrected chi connectivity index (χ1v) is 10.8. The number of methoxy groups -OCH3 is 1. The molecular weight excluding hydrogens is 426 g/mol. The summed E-state index contributed by atoms with van der Waals surface area (Å²) in [6.45, 7) is 2.29. The Morgan fingerprint density at radius 2 is 1.97 bits per heavy atom. The molecule has 4 rings (SSSR count). The molecule has 0 bridgehead atoms. The van der Waals surface area contributed by atoms with Crippen LogP contribution in [0.3, 0.4) is 0 Å². The lowest BCUT2D eigenvalue weighted by Gasteiger charge is -2.11. The molecule has 1 N–H and O–H groups in total. The van der Waals surface area contributed by atoms with Crippen molar-refractivity contribution in [2.75, 3.05) is 19.1 Å². The van der Waals surface area contributed by atoms with E-state index in [0.717, 1.165) is 15.8 Å². The van der Waals surface area contributed by atoms with Gasteiger partial charge < -0.3 is 14.2 Å². The number of aromatic nitrogens is 1. The molecule has 32 heavy (non-hydrogen) atoms. The third-order valence-corrected chi connectivity index (χ3v) is 5.38. The second-order valence-electron chi connectivity index (χ2n) is 6.62. The van der Waals surface area contributed by atoms with Crippen LogP contribution in [0.4, 0.5) is 5.13 Å². The number of carbonyl (C=O) groups is 1. The summed E-state index contributed by atoms with van der Waals surface area (Å²) < 4.78 is 17.5. The lowest BCUT2D eigenvalue weighted by Crippen LogP contribution is -2.10. The lowest BCUT2D eigenvalue weighted by atomic mass is 10.2. The number of hydrogen-bond acceptors (Lipinski definition) is 8. The molecule has 4 aromatic rings. The zero-order valence-electron chi connectivity index (χ0n) is 17.6. The molecule has 0 spiro atoms. The van der Waals surface area contributed by atoms with Crippen molar-refractivity contribution in [3.8, 4) is 17.2 Å². The molecule has 0 saturated heterocycles. The summed E-state index contributed by atoms with van der Waals surface area (Å²) in [6, 6.07) is 19.9. The fraction of sp³-hybridized carbons (Fsp3) is 0.125. The largest absolute Gasteiger partial charge is 0.497 e. The number of hydrogen-bond donors (Lipinski definition) is 1. The Labute approximate surface area is 189 Å². The van der Waals surface area contributed by atoms with E-state index in [1.165, 1.54) is 11.3 Å². The van der Waals surface area contributed by atoms with Gasteiger partial charge in [-0.15, -0.1) is 0 Å². The Hall–Kier alpha value is -3.91. The van der Waals surface area contributed by atoms with Gasteiger partial charge in [-0.3, -0.25) is 5.43 Å². The molecule has 0 aliphatic rings. The van der Waals surface area contributed by atoms with E-state index in [9.17, 15) is 4.79 Å². The van der Waals surface area contributed by atoms with Gasteiger partial charge in [0, 0.05) is 0 Å². The molecule has 0 aliphatic heterocycles. The van der Waals surface area contributed by atoms with Crippen LogP contribution in [0.25, 0.3) is 10.2 Å². The van der Waals surface area contributed by atoms with Crippen LogP contribution in [-0.4, -0.2) is 30.9 Å². The Balaban J connectivity index is 1.47. The summed E-state index contributed by atoms with van der Waals surface area (Å²) in [5.74, 6) is 0.865. The van der Waals surface area contributed by atoms with E-state index < -0.39 is 5.97 Å². The molecule has 0 saturated carbocycles. The minimum atomic E-state index is -0.497. The predicted octanol–water partition coefficient (Wildman–Crippen LogP) is 5.37. The second kappa shape index (κ2) is 9.93. The van der Waals surface area contributed by atoms with Gasteiger partial charge in [0.25, 0.3) is 0 Å². The van der Waals surface area contributed by atoms with Gasteiger partial charge >= 0.3 is 5.97 Å². The van der Waals surface area contributed by atoms with Crippen molar-refractivity contribution in [3.05, 3.63) is 77.9 Å². The van der Waals surface area contributed by atoms with Gasteiger partial charge in [0.05, 0.1) is 35.7 Å². The first kappa shape index (κ1) is 21.3. The number of fused-ring (bicyclic) bond motifs is 1. The van der Waals surface area contributed by atoms with Gasteiger partial charge in [0.1, 0.15) is 5.75 Å². The topological polar surface area (TPSA) is 82.0 Å². The van der Waals surface area contributed by atoms with Crippen LogP contribution in [-0.2, 0) is 0 Å². The van der Waals surface area contributed by atoms with Gasteiger partial charge in [0.15, 0.2) is 11.5 Å². The minimum Gasteiger partial charge on any atom is -0.497 e. The number of para-hydroxylation sites is 1. The van der Waals surface area contributed by atoms with Crippen molar-refractivity contribution in [1.29, 1.82) is 0 Å². The Bertz CT molecular complexity index is 1240. The Morgan fingerprint density at radius 1 is 1.09 bits per heavy atom. The number of benzene rings is 3. The van der Waals surface area contributed by atoms with Crippen molar-refractivity contribution in [2.24, 2.45) is 5.10 Å². The van der Waals surface area contributed by atoms with E-state index >= 15 is 0 Å². The second-order valence-corrected chi connectivity index (χ2v) is 7.65. The van der Waals surface area contributed by atoms with Crippen LogP contribution in [0.2, 0.25) is 0 Å². The summed E-state index contributed by atoms with van der Waals surface area (Å²) in [6.07, 6.45) is 1.66. The molecule has 0 atom stereocenters. The van der Waals surface area contributed by atoms with Crippen LogP contribution in [0.1, 0.15) is 22.8 Å². The number of nitrogens with zero attached hydrogens (tertiary/aromatic N) is 2. The highest BCUT2D eigenvalue weighted by atomic mass is 32.1. The van der Waals surface area contributed by atoms with Crippen LogP contribution >= 0.6 is 11.3 Å². The number of ether oxygens (including phenoxy) is 3. The average Bonchev–Trinajstić information content (AvgIpc) is 3.23. The van der Waals surface area contributed by atoms with Gasteiger partial charge in [-0.1, -0.05) is 29.5 Å². The van der Waals surface area contributed by atoms with E-state index in [1.54, 1.807) is 55.8 Å². The minimum absolute atomic E-state index is 0.330. The van der Waals surface area contributed by atoms with Crippen molar-refractivity contribution in [1.82, 2.24) is 4.98 Å². The maximum atomic E-state index is 12.6. The molecule has 1 heterocycles. The van der Waals surface area contributed by atoms with Gasteiger partial charge in [-0.25, -0.2) is 9.78 Å². The molecule has 0 fully saturated rings. The van der Waals surface area contributed by atoms with E-state index in [4.69, 9.17) is 14.2 Å². The highest BCUT2D eigenvalue weighted by Crippen LogP contribution is 2.29. The number of esters is 1. The molecule has 8 heteroatoms. The van der Waals surface area contributed by atoms with Crippen molar-refractivity contribution >= 4 is 38.9 Å². The van der Waals surface area contributed by atoms with E-state index in [-0.39, 0.29) is 0 Å². The summed E-state index contributed by atoms with van der Waals surface area (Å²) in [7, 11) is 1.55. The van der Waals surface area contributed by atoms with E-state index in [1.807, 2.05) is 31.2 Å². The number of hydrazone groups is 1. The molecule has 7 nitrogen and oxygen atoms in total. The molecule has 3 aromatic carbocycles. The predicted molar refractivity (Wildman–Crippen MR) is 126 cm³/mol. The molecule has 0 aliphatic carbocycles. The number of anilines is 1. The first-order valence-electron chi connectivity index (χ1n) is 9.94. The van der Waals surface area contributed by atoms with Crippen molar-refractivity contribution in [3.63, 3.8) is 0 Å². The highest BCUT2D eigenvalue weighted by molar-refractivity contribution is 7.22. The summed E-state index contributed by atoms with van der Waals surface area (Å²) >= 11 is 1.53. The maximum absolute atomic E-state index is 12.6. The lowest BCUT2D eigenvalue weighted by molar-refractivity contribution is 0.0728. The SMILES string of the molecule is CCOc1cc(C=NNc2nc3ccccc3s2)ccc1OC(=O)c1cccc(OC)c1. The normalized spacial score (nSPS) is 10.9. The van der Waals surface area contributed by atoms with Crippen LogP contribution in [0, 0.1) is 0 Å². The van der Waals surface area contributed by atoms with Crippen LogP contribution < -0.4 is 19.6 Å². The first-order chi connectivity index (χ1) is 15.7. The molecule has 0 radical (unpaired) electrons. The Kier molecular flexibility index (Phi) is 6.62. The summed E-state index contributed by atoms with van der Waals surface area (Å²) in [5.41, 5.74) is 5.05. The summed E-state index contributed by atoms with van der Waals surface area (Å²) in [4.78, 5) is 17.0. The average molecular weight is 448 g/mol. The standard InChI is InChI=1S/C24H21N3O4S/c1-3-30-21-13-16(15-25-27-24-26-19-9-4-5-10-22(19)32-24)11-12-20(21)31-23(28)17-7-6-8-18(14-17)29-2/h4-15H,3H2,1-2H3,(H,26,27). The molecule has 0 amide bonds. The van der Waals surface area contributed by atoms with Gasteiger partial charge in [-0.05, 0) is 61.0 Å². The third kappa shape index (κ3) is 5.04. The summed E-state index contributed by atoms with van der Waals surface area (Å²) in [5, 5.41) is 4.97. The number of nitrogens with one attached hydrogen (secondary N) is 1. The van der Waals surface area contributed by atoms with Crippen molar-refractivity contribution < 1.29 is 19.0 Å². The fourth-order valence-electron chi connectivity index (χ4n) is 2.95. The highest BCUT2D eigenvalue weighted by Gasteiger charge is 2.14. The number of carbonyl (C=O) groups excluding carboxylic acids is 1. The smallest absolute Gasteiger partial charge is 0.343 e. The Morgan fingerprint density at radius 3 is 2.78 bits per heavy atom. The van der Waals surface area contributed by atoms with Crippen molar-refractivity contribution in [2.45, 2.75) is 6.92 Å². The quantitative estimate of drug-likeness (QED) is 0.169. The van der Waals surface area contributed by atoms with E-state index in [2.05, 4.69) is 15.5 Å². The van der Waals surface area contributed by atoms with Crippen LogP contribution in [0.5, 0.6) is 17.2 Å². The van der Waals surface area contributed by atoms with Gasteiger partial charge in [-0.2, -0.15) is 5.10 Å².